The van der Waals surface area contributed by atoms with E-state index in [9.17, 15) is 4.79 Å². The van der Waals surface area contributed by atoms with Gasteiger partial charge in [0, 0.05) is 32.1 Å². The summed E-state index contributed by atoms with van der Waals surface area (Å²) < 4.78 is 11.4. The summed E-state index contributed by atoms with van der Waals surface area (Å²) in [5, 5.41) is 3.20. The van der Waals surface area contributed by atoms with Crippen LogP contribution in [-0.2, 0) is 17.8 Å². The average Bonchev–Trinajstić information content (AvgIpc) is 3.25. The van der Waals surface area contributed by atoms with Crippen molar-refractivity contribution >= 4 is 5.91 Å². The third kappa shape index (κ3) is 6.11. The number of carbonyl (C=O) groups is 1. The molecule has 5 nitrogen and oxygen atoms in total. The molecule has 166 valence electrons. The number of nitrogens with one attached hydrogen (secondary N) is 1. The smallest absolute Gasteiger partial charge is 0.220 e. The van der Waals surface area contributed by atoms with Gasteiger partial charge in [-0.2, -0.15) is 0 Å². The third-order valence-corrected chi connectivity index (χ3v) is 5.72. The van der Waals surface area contributed by atoms with Gasteiger partial charge in [-0.3, -0.25) is 9.69 Å². The van der Waals surface area contributed by atoms with Crippen LogP contribution < -0.4 is 14.8 Å². The van der Waals surface area contributed by atoms with Crippen molar-refractivity contribution in [3.05, 3.63) is 90.0 Å². The van der Waals surface area contributed by atoms with Gasteiger partial charge in [0.25, 0.3) is 0 Å². The van der Waals surface area contributed by atoms with Crippen LogP contribution in [0.25, 0.3) is 0 Å². The van der Waals surface area contributed by atoms with Gasteiger partial charge < -0.3 is 14.8 Å². The van der Waals surface area contributed by atoms with E-state index in [2.05, 4.69) is 34.5 Å². The van der Waals surface area contributed by atoms with Crippen LogP contribution in [0, 0.1) is 0 Å². The Kier molecular flexibility index (Phi) is 7.41. The van der Waals surface area contributed by atoms with Gasteiger partial charge in [0.1, 0.15) is 5.75 Å². The second-order valence-corrected chi connectivity index (χ2v) is 8.17. The molecule has 0 radical (unpaired) electrons. The first kappa shape index (κ1) is 21.9. The summed E-state index contributed by atoms with van der Waals surface area (Å²) in [6.07, 6.45) is 2.29. The highest BCUT2D eigenvalue weighted by atomic mass is 16.5. The van der Waals surface area contributed by atoms with Crippen LogP contribution in [0.2, 0.25) is 0 Å². The van der Waals surface area contributed by atoms with Crippen molar-refractivity contribution in [2.24, 2.45) is 0 Å². The van der Waals surface area contributed by atoms with Crippen molar-refractivity contribution in [2.75, 3.05) is 20.2 Å². The quantitative estimate of drug-likeness (QED) is 0.529. The molecule has 1 saturated heterocycles. The number of para-hydroxylation sites is 2. The number of hydrogen-bond acceptors (Lipinski definition) is 4. The number of amides is 1. The molecule has 0 saturated carbocycles. The van der Waals surface area contributed by atoms with Crippen molar-refractivity contribution in [1.82, 2.24) is 10.2 Å². The first-order valence-electron chi connectivity index (χ1n) is 11.1. The third-order valence-electron chi connectivity index (χ3n) is 5.72. The maximum atomic E-state index is 12.4. The van der Waals surface area contributed by atoms with Gasteiger partial charge in [0.2, 0.25) is 5.91 Å². The van der Waals surface area contributed by atoms with Crippen molar-refractivity contribution in [1.29, 1.82) is 0 Å². The fourth-order valence-electron chi connectivity index (χ4n) is 4.09. The van der Waals surface area contributed by atoms with Crippen LogP contribution in [0.3, 0.4) is 0 Å². The fourth-order valence-corrected chi connectivity index (χ4v) is 4.09. The SMILES string of the molecule is COc1ccccc1Oc1cccc(CN2CC[C@@H](NC(=O)CCc3ccccc3)C2)c1. The molecule has 1 atom stereocenters. The Balaban J connectivity index is 1.26. The highest BCUT2D eigenvalue weighted by Crippen LogP contribution is 2.31. The molecule has 5 heteroatoms. The van der Waals surface area contributed by atoms with Gasteiger partial charge in [-0.1, -0.05) is 54.6 Å². The van der Waals surface area contributed by atoms with Crippen LogP contribution in [0.1, 0.15) is 24.0 Å². The standard InChI is InChI=1S/C27H30N2O3/c1-31-25-12-5-6-13-26(25)32-24-11-7-10-22(18-24)19-29-17-16-23(20-29)28-27(30)15-14-21-8-3-2-4-9-21/h2-13,18,23H,14-17,19-20H2,1H3,(H,28,30)/t23-/m1/s1. The molecule has 0 aliphatic carbocycles. The van der Waals surface area contributed by atoms with Gasteiger partial charge in [-0.05, 0) is 48.2 Å². The number of nitrogens with zero attached hydrogens (tertiary/aromatic N) is 1. The number of carbonyl (C=O) groups excluding carboxylic acids is 1. The van der Waals surface area contributed by atoms with Crippen molar-refractivity contribution < 1.29 is 14.3 Å². The van der Waals surface area contributed by atoms with E-state index in [0.717, 1.165) is 38.2 Å². The lowest BCUT2D eigenvalue weighted by molar-refractivity contribution is -0.121. The molecule has 1 fully saturated rings. The predicted molar refractivity (Wildman–Crippen MR) is 126 cm³/mol. The van der Waals surface area contributed by atoms with E-state index in [0.29, 0.717) is 17.9 Å². The summed E-state index contributed by atoms with van der Waals surface area (Å²) in [5.41, 5.74) is 2.39. The van der Waals surface area contributed by atoms with Gasteiger partial charge in [0.05, 0.1) is 7.11 Å². The fraction of sp³-hybridized carbons (Fsp3) is 0.296. The molecule has 0 spiro atoms. The first-order chi connectivity index (χ1) is 15.7. The molecule has 0 unspecified atom stereocenters. The normalized spacial score (nSPS) is 16.0. The molecule has 32 heavy (non-hydrogen) atoms. The maximum absolute atomic E-state index is 12.4. The lowest BCUT2D eigenvalue weighted by Crippen LogP contribution is -2.37. The highest BCUT2D eigenvalue weighted by molar-refractivity contribution is 5.76. The number of benzene rings is 3. The minimum Gasteiger partial charge on any atom is -0.493 e. The van der Waals surface area contributed by atoms with Crippen LogP contribution in [0.4, 0.5) is 0 Å². The van der Waals surface area contributed by atoms with Crippen LogP contribution in [-0.4, -0.2) is 37.0 Å². The zero-order valence-corrected chi connectivity index (χ0v) is 18.5. The molecular formula is C27H30N2O3. The Hall–Kier alpha value is -3.31. The van der Waals surface area contributed by atoms with E-state index < -0.39 is 0 Å². The average molecular weight is 431 g/mol. The molecule has 3 aromatic carbocycles. The first-order valence-corrected chi connectivity index (χ1v) is 11.1. The Bertz CT molecular complexity index is 1020. The van der Waals surface area contributed by atoms with Crippen molar-refractivity contribution in [3.63, 3.8) is 0 Å². The van der Waals surface area contributed by atoms with E-state index in [4.69, 9.17) is 9.47 Å². The number of hydrogen-bond donors (Lipinski definition) is 1. The Morgan fingerprint density at radius 2 is 1.72 bits per heavy atom. The lowest BCUT2D eigenvalue weighted by Gasteiger charge is -2.17. The lowest BCUT2D eigenvalue weighted by atomic mass is 10.1. The summed E-state index contributed by atoms with van der Waals surface area (Å²) in [7, 11) is 1.64. The van der Waals surface area contributed by atoms with Gasteiger partial charge in [-0.15, -0.1) is 0 Å². The summed E-state index contributed by atoms with van der Waals surface area (Å²) in [4.78, 5) is 14.7. The van der Waals surface area contributed by atoms with E-state index in [1.807, 2.05) is 54.6 Å². The Morgan fingerprint density at radius 3 is 2.53 bits per heavy atom. The Labute approximate surface area is 190 Å². The zero-order valence-electron chi connectivity index (χ0n) is 18.5. The highest BCUT2D eigenvalue weighted by Gasteiger charge is 2.23. The monoisotopic (exact) mass is 430 g/mol. The van der Waals surface area contributed by atoms with Gasteiger partial charge >= 0.3 is 0 Å². The van der Waals surface area contributed by atoms with Crippen LogP contribution in [0.15, 0.2) is 78.9 Å². The summed E-state index contributed by atoms with van der Waals surface area (Å²) in [6.45, 7) is 2.68. The zero-order chi connectivity index (χ0) is 22.2. The van der Waals surface area contributed by atoms with Crippen LogP contribution >= 0.6 is 0 Å². The number of likely N-dealkylation sites (tertiary alicyclic amines) is 1. The molecule has 3 aromatic rings. The summed E-state index contributed by atoms with van der Waals surface area (Å²) in [6, 6.07) is 26.2. The van der Waals surface area contributed by atoms with Crippen LogP contribution in [0.5, 0.6) is 17.2 Å². The summed E-state index contributed by atoms with van der Waals surface area (Å²) >= 11 is 0. The minimum absolute atomic E-state index is 0.132. The molecule has 1 aliphatic heterocycles. The number of rotatable bonds is 9. The Morgan fingerprint density at radius 1 is 0.969 bits per heavy atom. The molecule has 0 bridgehead atoms. The molecule has 1 aliphatic rings. The van der Waals surface area contributed by atoms with E-state index in [-0.39, 0.29) is 11.9 Å². The summed E-state index contributed by atoms with van der Waals surface area (Å²) in [5.74, 6) is 2.33. The molecule has 4 rings (SSSR count). The number of ether oxygens (including phenoxy) is 2. The van der Waals surface area contributed by atoms with E-state index >= 15 is 0 Å². The molecule has 1 N–H and O–H groups in total. The second-order valence-electron chi connectivity index (χ2n) is 8.17. The maximum Gasteiger partial charge on any atom is 0.220 e. The van der Waals surface area contributed by atoms with Crippen molar-refractivity contribution in [2.45, 2.75) is 31.8 Å². The molecule has 1 heterocycles. The number of aryl methyl sites for hydroxylation is 1. The predicted octanol–water partition coefficient (Wildman–Crippen LogP) is 4.81. The van der Waals surface area contributed by atoms with Gasteiger partial charge in [0.15, 0.2) is 11.5 Å². The molecule has 0 aromatic heterocycles. The van der Waals surface area contributed by atoms with E-state index in [1.165, 1.54) is 11.1 Å². The van der Waals surface area contributed by atoms with Gasteiger partial charge in [-0.25, -0.2) is 0 Å². The second kappa shape index (κ2) is 10.8. The minimum atomic E-state index is 0.132. The molecular weight excluding hydrogens is 400 g/mol. The largest absolute Gasteiger partial charge is 0.493 e. The number of methoxy groups -OCH3 is 1. The van der Waals surface area contributed by atoms with E-state index in [1.54, 1.807) is 7.11 Å². The van der Waals surface area contributed by atoms with Crippen molar-refractivity contribution in [3.8, 4) is 17.2 Å². The topological polar surface area (TPSA) is 50.8 Å². The molecule has 1 amide bonds.